The van der Waals surface area contributed by atoms with Crippen LogP contribution in [0.3, 0.4) is 0 Å². The van der Waals surface area contributed by atoms with Crippen molar-refractivity contribution < 1.29 is 9.53 Å². The van der Waals surface area contributed by atoms with Crippen molar-refractivity contribution in [2.24, 2.45) is 0 Å². The van der Waals surface area contributed by atoms with E-state index in [1.165, 1.54) is 4.57 Å². The molecule has 0 spiro atoms. The van der Waals surface area contributed by atoms with E-state index in [0.29, 0.717) is 18.8 Å². The van der Waals surface area contributed by atoms with E-state index in [1.54, 1.807) is 13.0 Å². The summed E-state index contributed by atoms with van der Waals surface area (Å²) in [6.45, 7) is 6.32. The SMILES string of the molecule is CCn1c(=O)[nH]c(=O)c2c(C(=O)N[C@@H]3COc4ccccc43)cc(C(C)C)nc21. The number of rotatable bonds is 4. The number of H-pyrrole nitrogens is 1. The first-order chi connectivity index (χ1) is 13.9. The number of nitrogens with zero attached hydrogens (tertiary/aromatic N) is 2. The second-order valence-corrected chi connectivity index (χ2v) is 7.33. The van der Waals surface area contributed by atoms with Gasteiger partial charge in [0, 0.05) is 17.8 Å². The van der Waals surface area contributed by atoms with Crippen molar-refractivity contribution in [1.29, 1.82) is 0 Å². The maximum atomic E-state index is 13.2. The summed E-state index contributed by atoms with van der Waals surface area (Å²) >= 11 is 0. The minimum Gasteiger partial charge on any atom is -0.491 e. The molecule has 1 aromatic carbocycles. The van der Waals surface area contributed by atoms with Crippen molar-refractivity contribution >= 4 is 16.9 Å². The number of carbonyl (C=O) groups excluding carboxylic acids is 1. The number of pyridine rings is 1. The molecule has 2 aromatic heterocycles. The lowest BCUT2D eigenvalue weighted by Crippen LogP contribution is -2.34. The Morgan fingerprint density at radius 2 is 2.10 bits per heavy atom. The highest BCUT2D eigenvalue weighted by Gasteiger charge is 2.27. The van der Waals surface area contributed by atoms with Gasteiger partial charge >= 0.3 is 5.69 Å². The fourth-order valence-electron chi connectivity index (χ4n) is 3.58. The number of carbonyl (C=O) groups is 1. The molecule has 0 fully saturated rings. The smallest absolute Gasteiger partial charge is 0.329 e. The molecule has 0 aliphatic carbocycles. The van der Waals surface area contributed by atoms with Crippen molar-refractivity contribution in [2.75, 3.05) is 6.61 Å². The molecule has 1 aliphatic rings. The Balaban J connectivity index is 1.85. The number of hydrogen-bond donors (Lipinski definition) is 2. The number of hydrogen-bond acceptors (Lipinski definition) is 5. The first-order valence-corrected chi connectivity index (χ1v) is 9.61. The van der Waals surface area contributed by atoms with Gasteiger partial charge in [0.2, 0.25) is 0 Å². The third-order valence-electron chi connectivity index (χ3n) is 5.13. The second-order valence-electron chi connectivity index (χ2n) is 7.33. The number of benzene rings is 1. The fourth-order valence-corrected chi connectivity index (χ4v) is 3.58. The van der Waals surface area contributed by atoms with E-state index in [0.717, 1.165) is 11.3 Å². The van der Waals surface area contributed by atoms with Crippen LogP contribution in [0.1, 0.15) is 54.3 Å². The van der Waals surface area contributed by atoms with E-state index in [-0.39, 0.29) is 28.6 Å². The zero-order valence-electron chi connectivity index (χ0n) is 16.5. The van der Waals surface area contributed by atoms with Crippen molar-refractivity contribution in [3.63, 3.8) is 0 Å². The molecule has 29 heavy (non-hydrogen) atoms. The summed E-state index contributed by atoms with van der Waals surface area (Å²) in [6.07, 6.45) is 0. The highest BCUT2D eigenvalue weighted by atomic mass is 16.5. The normalized spacial score (nSPS) is 15.4. The first kappa shape index (κ1) is 18.9. The molecule has 2 N–H and O–H groups in total. The van der Waals surface area contributed by atoms with Crippen LogP contribution in [-0.4, -0.2) is 27.0 Å². The number of fused-ring (bicyclic) bond motifs is 2. The molecular formula is C21H22N4O4. The molecule has 0 saturated heterocycles. The molecule has 0 bridgehead atoms. The summed E-state index contributed by atoms with van der Waals surface area (Å²) < 4.78 is 7.00. The Labute approximate surface area is 166 Å². The van der Waals surface area contributed by atoms with E-state index in [4.69, 9.17) is 4.74 Å². The Bertz CT molecular complexity index is 1230. The molecule has 3 heterocycles. The molecule has 0 unspecified atom stereocenters. The Morgan fingerprint density at radius 1 is 1.34 bits per heavy atom. The number of amides is 1. The van der Waals surface area contributed by atoms with Gasteiger partial charge in [0.25, 0.3) is 11.5 Å². The van der Waals surface area contributed by atoms with Gasteiger partial charge in [-0.2, -0.15) is 0 Å². The molecule has 0 radical (unpaired) electrons. The number of aromatic amines is 1. The first-order valence-electron chi connectivity index (χ1n) is 9.61. The van der Waals surface area contributed by atoms with E-state index in [2.05, 4.69) is 15.3 Å². The predicted molar refractivity (Wildman–Crippen MR) is 109 cm³/mol. The monoisotopic (exact) mass is 394 g/mol. The van der Waals surface area contributed by atoms with E-state index >= 15 is 0 Å². The van der Waals surface area contributed by atoms with Crippen LogP contribution in [0.25, 0.3) is 11.0 Å². The molecule has 8 nitrogen and oxygen atoms in total. The van der Waals surface area contributed by atoms with Gasteiger partial charge in [0.15, 0.2) is 5.65 Å². The summed E-state index contributed by atoms with van der Waals surface area (Å²) in [5.41, 5.74) is 0.793. The minimum atomic E-state index is -0.620. The van der Waals surface area contributed by atoms with Gasteiger partial charge < -0.3 is 10.1 Å². The molecule has 4 rings (SSSR count). The molecule has 150 valence electrons. The highest BCUT2D eigenvalue weighted by molar-refractivity contribution is 6.05. The zero-order chi connectivity index (χ0) is 20.7. The molecule has 3 aromatic rings. The third-order valence-corrected chi connectivity index (χ3v) is 5.13. The van der Waals surface area contributed by atoms with Gasteiger partial charge in [-0.3, -0.25) is 19.1 Å². The van der Waals surface area contributed by atoms with Crippen LogP contribution >= 0.6 is 0 Å². The van der Waals surface area contributed by atoms with Gasteiger partial charge in [-0.05, 0) is 25.0 Å². The molecule has 1 aliphatic heterocycles. The van der Waals surface area contributed by atoms with Crippen molar-refractivity contribution in [1.82, 2.24) is 19.9 Å². The lowest BCUT2D eigenvalue weighted by molar-refractivity contribution is 0.0931. The molecule has 1 amide bonds. The summed E-state index contributed by atoms with van der Waals surface area (Å²) in [4.78, 5) is 44.8. The predicted octanol–water partition coefficient (Wildman–Crippen LogP) is 2.09. The van der Waals surface area contributed by atoms with Gasteiger partial charge in [-0.25, -0.2) is 9.78 Å². The van der Waals surface area contributed by atoms with Crippen LogP contribution in [0.15, 0.2) is 39.9 Å². The van der Waals surface area contributed by atoms with Crippen LogP contribution in [0, 0.1) is 0 Å². The van der Waals surface area contributed by atoms with Crippen LogP contribution < -0.4 is 21.3 Å². The second kappa shape index (κ2) is 7.20. The summed E-state index contributed by atoms with van der Waals surface area (Å²) in [5, 5.41) is 3.07. The zero-order valence-corrected chi connectivity index (χ0v) is 16.5. The fraction of sp³-hybridized carbons (Fsp3) is 0.333. The largest absolute Gasteiger partial charge is 0.491 e. The number of aryl methyl sites for hydroxylation is 1. The molecule has 0 saturated carbocycles. The van der Waals surface area contributed by atoms with Gasteiger partial charge in [0.05, 0.1) is 17.0 Å². The third kappa shape index (κ3) is 3.20. The van der Waals surface area contributed by atoms with Crippen LogP contribution in [-0.2, 0) is 6.54 Å². The number of nitrogens with one attached hydrogen (secondary N) is 2. The molecule has 8 heteroatoms. The summed E-state index contributed by atoms with van der Waals surface area (Å²) in [7, 11) is 0. The van der Waals surface area contributed by atoms with Crippen LogP contribution in [0.4, 0.5) is 0 Å². The van der Waals surface area contributed by atoms with Gasteiger partial charge in [-0.1, -0.05) is 32.0 Å². The van der Waals surface area contributed by atoms with Crippen molar-refractivity contribution in [2.45, 2.75) is 39.3 Å². The number of aromatic nitrogens is 3. The van der Waals surface area contributed by atoms with Gasteiger partial charge in [-0.15, -0.1) is 0 Å². The molecular weight excluding hydrogens is 372 g/mol. The standard InChI is InChI=1S/C21H22N4O4/c1-4-25-18-17(20(27)24-21(25)28)13(9-14(22-18)11(2)3)19(26)23-15-10-29-16-8-6-5-7-12(15)16/h5-9,11,15H,4,10H2,1-3H3,(H,23,26)(H,24,27,28)/t15-/m1/s1. The lowest BCUT2D eigenvalue weighted by atomic mass is 10.0. The average Bonchev–Trinajstić information content (AvgIpc) is 3.10. The Morgan fingerprint density at radius 3 is 2.83 bits per heavy atom. The van der Waals surface area contributed by atoms with E-state index in [1.807, 2.05) is 38.1 Å². The number of ether oxygens (including phenoxy) is 1. The Kier molecular flexibility index (Phi) is 4.70. The van der Waals surface area contributed by atoms with Crippen LogP contribution in [0.5, 0.6) is 5.75 Å². The topological polar surface area (TPSA) is 106 Å². The van der Waals surface area contributed by atoms with Crippen LogP contribution in [0.2, 0.25) is 0 Å². The quantitative estimate of drug-likeness (QED) is 0.705. The Hall–Kier alpha value is -3.42. The van der Waals surface area contributed by atoms with Crippen molar-refractivity contribution in [3.8, 4) is 5.75 Å². The van der Waals surface area contributed by atoms with E-state index in [9.17, 15) is 14.4 Å². The summed E-state index contributed by atoms with van der Waals surface area (Å²) in [6, 6.07) is 8.82. The average molecular weight is 394 g/mol. The number of para-hydroxylation sites is 1. The highest BCUT2D eigenvalue weighted by Crippen LogP contribution is 2.32. The molecule has 1 atom stereocenters. The maximum absolute atomic E-state index is 13.2. The lowest BCUT2D eigenvalue weighted by Gasteiger charge is -2.16. The van der Waals surface area contributed by atoms with E-state index < -0.39 is 17.2 Å². The van der Waals surface area contributed by atoms with Gasteiger partial charge in [0.1, 0.15) is 12.4 Å². The minimum absolute atomic E-state index is 0.0150. The van der Waals surface area contributed by atoms with Crippen molar-refractivity contribution in [3.05, 3.63) is 68.0 Å². The maximum Gasteiger partial charge on any atom is 0.329 e. The summed E-state index contributed by atoms with van der Waals surface area (Å²) in [5.74, 6) is 0.343.